The van der Waals surface area contributed by atoms with Crippen LogP contribution in [0.3, 0.4) is 0 Å². The van der Waals surface area contributed by atoms with Crippen molar-refractivity contribution in [2.75, 3.05) is 0 Å². The molecule has 1 unspecified atom stereocenters. The minimum atomic E-state index is -0.987. The van der Waals surface area contributed by atoms with Gasteiger partial charge in [-0.15, -0.1) is 0 Å². The van der Waals surface area contributed by atoms with Crippen molar-refractivity contribution in [2.45, 2.75) is 45.7 Å². The second kappa shape index (κ2) is 6.11. The lowest BCUT2D eigenvalue weighted by atomic mass is 10.1. The number of hydrogen-bond donors (Lipinski definition) is 1. The van der Waals surface area contributed by atoms with Gasteiger partial charge in [-0.05, 0) is 51.3 Å². The van der Waals surface area contributed by atoms with Crippen molar-refractivity contribution in [1.29, 1.82) is 0 Å². The minimum absolute atomic E-state index is 0.0188. The van der Waals surface area contributed by atoms with E-state index >= 15 is 0 Å². The van der Waals surface area contributed by atoms with Crippen LogP contribution in [0.1, 0.15) is 41.4 Å². The Bertz CT molecular complexity index is 793. The first kappa shape index (κ1) is 16.2. The van der Waals surface area contributed by atoms with Crippen LogP contribution in [0.15, 0.2) is 30.5 Å². The molecule has 1 aliphatic carbocycles. The van der Waals surface area contributed by atoms with Crippen LogP contribution in [0.5, 0.6) is 0 Å². The molecule has 0 aliphatic heterocycles. The number of hydrogen-bond acceptors (Lipinski definition) is 3. The third kappa shape index (κ3) is 2.91. The predicted octanol–water partition coefficient (Wildman–Crippen LogP) is 2.57. The SMILES string of the molecule is Cc1cccc(-n2ncc(C(=O)N(C3CC3)C(C)C(=O)O)c2C)c1. The van der Waals surface area contributed by atoms with E-state index in [0.29, 0.717) is 11.3 Å². The Labute approximate surface area is 140 Å². The fraction of sp³-hybridized carbons (Fsp3) is 0.389. The summed E-state index contributed by atoms with van der Waals surface area (Å²) in [7, 11) is 0. The van der Waals surface area contributed by atoms with Crippen molar-refractivity contribution < 1.29 is 14.7 Å². The summed E-state index contributed by atoms with van der Waals surface area (Å²) in [4.78, 5) is 25.7. The van der Waals surface area contributed by atoms with Crippen molar-refractivity contribution in [2.24, 2.45) is 0 Å². The van der Waals surface area contributed by atoms with Gasteiger partial charge >= 0.3 is 5.97 Å². The molecule has 6 heteroatoms. The van der Waals surface area contributed by atoms with Gasteiger partial charge in [0, 0.05) is 6.04 Å². The molecule has 0 bridgehead atoms. The highest BCUT2D eigenvalue weighted by Crippen LogP contribution is 2.31. The number of benzene rings is 1. The van der Waals surface area contributed by atoms with Crippen LogP contribution >= 0.6 is 0 Å². The van der Waals surface area contributed by atoms with Gasteiger partial charge in [0.25, 0.3) is 5.91 Å². The van der Waals surface area contributed by atoms with E-state index in [9.17, 15) is 14.7 Å². The highest BCUT2D eigenvalue weighted by molar-refractivity contribution is 5.97. The van der Waals surface area contributed by atoms with Gasteiger partial charge in [-0.25, -0.2) is 9.48 Å². The van der Waals surface area contributed by atoms with Crippen LogP contribution in [-0.4, -0.2) is 43.7 Å². The summed E-state index contributed by atoms with van der Waals surface area (Å²) < 4.78 is 1.72. The number of carbonyl (C=O) groups is 2. The van der Waals surface area contributed by atoms with E-state index in [-0.39, 0.29) is 11.9 Å². The fourth-order valence-corrected chi connectivity index (χ4v) is 2.91. The number of carbonyl (C=O) groups excluding carboxylic acids is 1. The third-order valence-corrected chi connectivity index (χ3v) is 4.44. The van der Waals surface area contributed by atoms with E-state index in [1.54, 1.807) is 11.6 Å². The molecule has 1 N–H and O–H groups in total. The molecular formula is C18H21N3O3. The maximum absolute atomic E-state index is 12.9. The van der Waals surface area contributed by atoms with Crippen LogP contribution in [-0.2, 0) is 4.79 Å². The lowest BCUT2D eigenvalue weighted by Gasteiger charge is -2.26. The Morgan fingerprint density at radius 1 is 1.33 bits per heavy atom. The van der Waals surface area contributed by atoms with Crippen LogP contribution in [0.2, 0.25) is 0 Å². The zero-order chi connectivity index (χ0) is 17.4. The molecule has 1 heterocycles. The lowest BCUT2D eigenvalue weighted by Crippen LogP contribution is -2.44. The second-order valence-electron chi connectivity index (χ2n) is 6.35. The fourth-order valence-electron chi connectivity index (χ4n) is 2.91. The molecule has 2 aromatic rings. The molecule has 0 saturated heterocycles. The third-order valence-electron chi connectivity index (χ3n) is 4.44. The van der Waals surface area contributed by atoms with E-state index in [4.69, 9.17) is 0 Å². The van der Waals surface area contributed by atoms with Crippen LogP contribution in [0, 0.1) is 13.8 Å². The first-order chi connectivity index (χ1) is 11.4. The lowest BCUT2D eigenvalue weighted by molar-refractivity contribution is -0.141. The topological polar surface area (TPSA) is 75.4 Å². The van der Waals surface area contributed by atoms with Crippen molar-refractivity contribution in [3.05, 3.63) is 47.3 Å². The van der Waals surface area contributed by atoms with Gasteiger partial charge < -0.3 is 10.0 Å². The van der Waals surface area contributed by atoms with Gasteiger partial charge in [-0.3, -0.25) is 4.79 Å². The summed E-state index contributed by atoms with van der Waals surface area (Å²) in [5.74, 6) is -1.25. The maximum atomic E-state index is 12.9. The Morgan fingerprint density at radius 3 is 2.62 bits per heavy atom. The number of aromatic nitrogens is 2. The average molecular weight is 327 g/mol. The molecule has 0 spiro atoms. The zero-order valence-electron chi connectivity index (χ0n) is 14.1. The molecule has 1 atom stereocenters. The van der Waals surface area contributed by atoms with Gasteiger partial charge in [-0.2, -0.15) is 5.10 Å². The Morgan fingerprint density at radius 2 is 2.04 bits per heavy atom. The smallest absolute Gasteiger partial charge is 0.326 e. The number of carboxylic acid groups (broad SMARTS) is 1. The molecule has 0 radical (unpaired) electrons. The first-order valence-corrected chi connectivity index (χ1v) is 8.07. The molecule has 1 aromatic carbocycles. The number of rotatable bonds is 5. The molecule has 1 fully saturated rings. The Hall–Kier alpha value is -2.63. The van der Waals surface area contributed by atoms with Crippen molar-refractivity contribution in [3.8, 4) is 5.69 Å². The van der Waals surface area contributed by atoms with Crippen molar-refractivity contribution >= 4 is 11.9 Å². The predicted molar refractivity (Wildman–Crippen MR) is 89.3 cm³/mol. The van der Waals surface area contributed by atoms with E-state index in [1.807, 2.05) is 38.1 Å². The monoisotopic (exact) mass is 327 g/mol. The number of aryl methyl sites for hydroxylation is 1. The molecule has 6 nitrogen and oxygen atoms in total. The van der Waals surface area contributed by atoms with Crippen LogP contribution in [0.4, 0.5) is 0 Å². The largest absolute Gasteiger partial charge is 0.480 e. The normalized spacial score (nSPS) is 15.1. The molecule has 1 aromatic heterocycles. The average Bonchev–Trinajstić information content (AvgIpc) is 3.28. The quantitative estimate of drug-likeness (QED) is 0.916. The number of carboxylic acids is 1. The summed E-state index contributed by atoms with van der Waals surface area (Å²) in [6.07, 6.45) is 3.24. The molecule has 1 saturated carbocycles. The second-order valence-corrected chi connectivity index (χ2v) is 6.35. The van der Waals surface area contributed by atoms with E-state index in [2.05, 4.69) is 5.10 Å². The van der Waals surface area contributed by atoms with E-state index in [0.717, 1.165) is 24.1 Å². The van der Waals surface area contributed by atoms with Gasteiger partial charge in [0.1, 0.15) is 6.04 Å². The molecular weight excluding hydrogens is 306 g/mol. The summed E-state index contributed by atoms with van der Waals surface area (Å²) in [6, 6.07) is 7.04. The Kier molecular flexibility index (Phi) is 4.13. The zero-order valence-corrected chi connectivity index (χ0v) is 14.1. The number of amides is 1. The number of aliphatic carboxylic acids is 1. The molecule has 126 valence electrons. The first-order valence-electron chi connectivity index (χ1n) is 8.07. The van der Waals surface area contributed by atoms with Crippen LogP contribution < -0.4 is 0 Å². The van der Waals surface area contributed by atoms with E-state index in [1.165, 1.54) is 11.1 Å². The standard InChI is InChI=1S/C18H21N3O3/c1-11-5-4-6-15(9-11)21-12(2)16(10-19-21)17(22)20(14-7-8-14)13(3)18(23)24/h4-6,9-10,13-14H,7-8H2,1-3H3,(H,23,24). The van der Waals surface area contributed by atoms with Crippen molar-refractivity contribution in [3.63, 3.8) is 0 Å². The highest BCUT2D eigenvalue weighted by atomic mass is 16.4. The molecule has 24 heavy (non-hydrogen) atoms. The van der Waals surface area contributed by atoms with Gasteiger partial charge in [0.05, 0.1) is 23.1 Å². The van der Waals surface area contributed by atoms with Gasteiger partial charge in [0.15, 0.2) is 0 Å². The summed E-state index contributed by atoms with van der Waals surface area (Å²) >= 11 is 0. The highest BCUT2D eigenvalue weighted by Gasteiger charge is 2.39. The maximum Gasteiger partial charge on any atom is 0.326 e. The molecule has 1 aliphatic rings. The summed E-state index contributed by atoms with van der Waals surface area (Å²) in [5.41, 5.74) is 3.16. The summed E-state index contributed by atoms with van der Waals surface area (Å²) in [5, 5.41) is 13.6. The minimum Gasteiger partial charge on any atom is -0.480 e. The Balaban J connectivity index is 1.95. The number of nitrogens with zero attached hydrogens (tertiary/aromatic N) is 3. The van der Waals surface area contributed by atoms with Gasteiger partial charge in [-0.1, -0.05) is 12.1 Å². The van der Waals surface area contributed by atoms with Crippen LogP contribution in [0.25, 0.3) is 5.69 Å². The summed E-state index contributed by atoms with van der Waals surface area (Å²) in [6.45, 7) is 5.38. The molecule has 3 rings (SSSR count). The van der Waals surface area contributed by atoms with Gasteiger partial charge in [0.2, 0.25) is 0 Å². The molecule has 1 amide bonds. The van der Waals surface area contributed by atoms with Crippen molar-refractivity contribution in [1.82, 2.24) is 14.7 Å². The van der Waals surface area contributed by atoms with E-state index < -0.39 is 12.0 Å².